The van der Waals surface area contributed by atoms with Crippen molar-refractivity contribution in [3.8, 4) is 0 Å². The lowest BCUT2D eigenvalue weighted by atomic mass is 10.2. The molecule has 4 heteroatoms. The normalized spacial score (nSPS) is 16.8. The van der Waals surface area contributed by atoms with Gasteiger partial charge in [-0.05, 0) is 12.2 Å². The summed E-state index contributed by atoms with van der Waals surface area (Å²) in [5.41, 5.74) is 5.51. The smallest absolute Gasteiger partial charge is 0.305 e. The summed E-state index contributed by atoms with van der Waals surface area (Å²) >= 11 is 0. The Balaban J connectivity index is 2.64. The number of aliphatic carboxylic acids is 1. The summed E-state index contributed by atoms with van der Waals surface area (Å²) in [5.74, 6) is -0.834. The van der Waals surface area contributed by atoms with E-state index in [1.54, 1.807) is 0 Å². The zero-order valence-electron chi connectivity index (χ0n) is 7.84. The number of hydrogen-bond acceptors (Lipinski definition) is 3. The van der Waals surface area contributed by atoms with Crippen LogP contribution in [0.25, 0.3) is 0 Å². The molecule has 1 aliphatic rings. The molecule has 0 aromatic carbocycles. The van der Waals surface area contributed by atoms with Gasteiger partial charge in [-0.2, -0.15) is 0 Å². The number of carboxylic acid groups (broad SMARTS) is 1. The number of carbonyl (C=O) groups is 1. The molecule has 4 nitrogen and oxygen atoms in total. The van der Waals surface area contributed by atoms with Gasteiger partial charge in [-0.25, -0.2) is 0 Å². The minimum absolute atomic E-state index is 0.0468. The van der Waals surface area contributed by atoms with Gasteiger partial charge in [0.15, 0.2) is 0 Å². The molecule has 0 aromatic heterocycles. The van der Waals surface area contributed by atoms with E-state index in [2.05, 4.69) is 0 Å². The Labute approximate surface area is 83.0 Å². The van der Waals surface area contributed by atoms with E-state index in [0.717, 1.165) is 0 Å². The summed E-state index contributed by atoms with van der Waals surface area (Å²) in [6, 6.07) is -0.181. The zero-order chi connectivity index (χ0) is 10.4. The Bertz CT molecular complexity index is 266. The molecule has 0 aliphatic carbocycles. The highest BCUT2D eigenvalue weighted by molar-refractivity contribution is 5.67. The average Bonchev–Trinajstić information content (AvgIpc) is 2.41. The molecule has 0 fully saturated rings. The van der Waals surface area contributed by atoms with Crippen LogP contribution in [0.5, 0.6) is 0 Å². The maximum Gasteiger partial charge on any atom is 0.305 e. The average molecular weight is 194 g/mol. The standard InChI is InChI=1S/C10H14N2O2/c11-8-9(7-10(13)14)12-5-3-1-2-4-6-12/h1-6,9H,7-8,11H2,(H,13,14). The van der Waals surface area contributed by atoms with Crippen LogP contribution in [0, 0.1) is 0 Å². The molecule has 1 aliphatic heterocycles. The minimum Gasteiger partial charge on any atom is -0.481 e. The second-order valence-corrected chi connectivity index (χ2v) is 3.00. The van der Waals surface area contributed by atoms with Crippen LogP contribution in [0.15, 0.2) is 36.7 Å². The third-order valence-electron chi connectivity index (χ3n) is 1.95. The molecule has 14 heavy (non-hydrogen) atoms. The summed E-state index contributed by atoms with van der Waals surface area (Å²) in [5, 5.41) is 8.67. The lowest BCUT2D eigenvalue weighted by molar-refractivity contribution is -0.137. The molecule has 1 heterocycles. The van der Waals surface area contributed by atoms with Gasteiger partial charge >= 0.3 is 5.97 Å². The molecule has 0 saturated heterocycles. The van der Waals surface area contributed by atoms with Crippen LogP contribution < -0.4 is 5.73 Å². The third kappa shape index (κ3) is 3.06. The van der Waals surface area contributed by atoms with Gasteiger partial charge in [-0.3, -0.25) is 4.79 Å². The Morgan fingerprint density at radius 2 is 1.86 bits per heavy atom. The molecule has 0 radical (unpaired) electrons. The van der Waals surface area contributed by atoms with Gasteiger partial charge in [0, 0.05) is 18.9 Å². The van der Waals surface area contributed by atoms with E-state index in [4.69, 9.17) is 10.8 Å². The monoisotopic (exact) mass is 194 g/mol. The third-order valence-corrected chi connectivity index (χ3v) is 1.95. The van der Waals surface area contributed by atoms with Gasteiger partial charge in [0.25, 0.3) is 0 Å². The molecule has 0 spiro atoms. The molecule has 1 unspecified atom stereocenters. The maximum absolute atomic E-state index is 10.6. The van der Waals surface area contributed by atoms with Crippen molar-refractivity contribution in [3.05, 3.63) is 36.7 Å². The molecule has 0 bridgehead atoms. The molecule has 3 N–H and O–H groups in total. The Hall–Kier alpha value is -1.55. The first kappa shape index (κ1) is 10.5. The van der Waals surface area contributed by atoms with E-state index in [9.17, 15) is 4.79 Å². The fourth-order valence-electron chi connectivity index (χ4n) is 1.23. The van der Waals surface area contributed by atoms with Gasteiger partial charge in [-0.15, -0.1) is 0 Å². The van der Waals surface area contributed by atoms with E-state index >= 15 is 0 Å². The van der Waals surface area contributed by atoms with E-state index in [1.165, 1.54) is 0 Å². The van der Waals surface area contributed by atoms with Crippen LogP contribution in [0.1, 0.15) is 6.42 Å². The van der Waals surface area contributed by atoms with Crippen LogP contribution in [-0.4, -0.2) is 28.6 Å². The van der Waals surface area contributed by atoms with Crippen molar-refractivity contribution in [1.29, 1.82) is 0 Å². The number of allylic oxidation sites excluding steroid dienone is 4. The van der Waals surface area contributed by atoms with Crippen molar-refractivity contribution in [2.45, 2.75) is 12.5 Å². The van der Waals surface area contributed by atoms with Crippen molar-refractivity contribution < 1.29 is 9.90 Å². The number of nitrogens with zero attached hydrogens (tertiary/aromatic N) is 1. The van der Waals surface area contributed by atoms with Gasteiger partial charge in [0.05, 0.1) is 12.5 Å². The fraction of sp³-hybridized carbons (Fsp3) is 0.300. The first-order chi connectivity index (χ1) is 6.74. The lowest BCUT2D eigenvalue weighted by Crippen LogP contribution is -2.35. The molecule has 1 atom stereocenters. The number of carboxylic acids is 1. The zero-order valence-corrected chi connectivity index (χ0v) is 7.84. The second-order valence-electron chi connectivity index (χ2n) is 3.00. The first-order valence-corrected chi connectivity index (χ1v) is 4.45. The summed E-state index contributed by atoms with van der Waals surface area (Å²) in [4.78, 5) is 12.4. The van der Waals surface area contributed by atoms with Crippen molar-refractivity contribution >= 4 is 5.97 Å². The Morgan fingerprint density at radius 1 is 1.29 bits per heavy atom. The molecule has 1 rings (SSSR count). The SMILES string of the molecule is NCC(CC(=O)O)N1C=CC=CC=C1. The Morgan fingerprint density at radius 3 is 2.29 bits per heavy atom. The predicted molar refractivity (Wildman–Crippen MR) is 54.4 cm³/mol. The quantitative estimate of drug-likeness (QED) is 0.691. The van der Waals surface area contributed by atoms with Crippen molar-refractivity contribution in [1.82, 2.24) is 4.90 Å². The Kier molecular flexibility index (Phi) is 3.94. The molecule has 76 valence electrons. The van der Waals surface area contributed by atoms with Crippen LogP contribution in [-0.2, 0) is 4.79 Å². The van der Waals surface area contributed by atoms with Crippen molar-refractivity contribution in [2.24, 2.45) is 5.73 Å². The van der Waals surface area contributed by atoms with Crippen LogP contribution in [0.4, 0.5) is 0 Å². The predicted octanol–water partition coefficient (Wildman–Crippen LogP) is 0.688. The van der Waals surface area contributed by atoms with Crippen molar-refractivity contribution in [3.63, 3.8) is 0 Å². The highest BCUT2D eigenvalue weighted by Gasteiger charge is 2.15. The van der Waals surface area contributed by atoms with E-state index in [0.29, 0.717) is 6.54 Å². The summed E-state index contributed by atoms with van der Waals surface area (Å²) in [7, 11) is 0. The van der Waals surface area contributed by atoms with Gasteiger partial charge in [0.1, 0.15) is 0 Å². The summed E-state index contributed by atoms with van der Waals surface area (Å²) in [6.45, 7) is 0.320. The van der Waals surface area contributed by atoms with E-state index in [1.807, 2.05) is 41.6 Å². The fourth-order valence-corrected chi connectivity index (χ4v) is 1.23. The highest BCUT2D eigenvalue weighted by atomic mass is 16.4. The number of rotatable bonds is 4. The highest BCUT2D eigenvalue weighted by Crippen LogP contribution is 2.07. The molecular formula is C10H14N2O2. The topological polar surface area (TPSA) is 66.6 Å². The number of hydrogen-bond donors (Lipinski definition) is 2. The van der Waals surface area contributed by atoms with Crippen LogP contribution >= 0.6 is 0 Å². The molecule has 0 aromatic rings. The van der Waals surface area contributed by atoms with Crippen LogP contribution in [0.3, 0.4) is 0 Å². The van der Waals surface area contributed by atoms with Gasteiger partial charge in [-0.1, -0.05) is 12.2 Å². The maximum atomic E-state index is 10.6. The van der Waals surface area contributed by atoms with Crippen LogP contribution in [0.2, 0.25) is 0 Å². The minimum atomic E-state index is -0.834. The van der Waals surface area contributed by atoms with Gasteiger partial charge in [0.2, 0.25) is 0 Å². The molecule has 0 amide bonds. The molecular weight excluding hydrogens is 180 g/mol. The van der Waals surface area contributed by atoms with Crippen molar-refractivity contribution in [2.75, 3.05) is 6.54 Å². The number of nitrogens with two attached hydrogens (primary N) is 1. The van der Waals surface area contributed by atoms with Gasteiger partial charge < -0.3 is 15.7 Å². The largest absolute Gasteiger partial charge is 0.481 e. The summed E-state index contributed by atoms with van der Waals surface area (Å²) in [6.07, 6.45) is 11.1. The first-order valence-electron chi connectivity index (χ1n) is 4.45. The summed E-state index contributed by atoms with van der Waals surface area (Å²) < 4.78 is 0. The molecule has 0 saturated carbocycles. The lowest BCUT2D eigenvalue weighted by Gasteiger charge is -2.24. The second kappa shape index (κ2) is 5.24. The van der Waals surface area contributed by atoms with E-state index in [-0.39, 0.29) is 12.5 Å². The van der Waals surface area contributed by atoms with E-state index < -0.39 is 5.97 Å².